The van der Waals surface area contributed by atoms with Crippen molar-refractivity contribution >= 4 is 29.3 Å². The number of hydrogen-bond donors (Lipinski definition) is 3. The van der Waals surface area contributed by atoms with Crippen LogP contribution >= 0.6 is 11.6 Å². The van der Waals surface area contributed by atoms with Crippen molar-refractivity contribution in [3.8, 4) is 0 Å². The summed E-state index contributed by atoms with van der Waals surface area (Å²) in [4.78, 5) is 22.8. The maximum atomic E-state index is 13.6. The molecule has 0 radical (unpaired) electrons. The summed E-state index contributed by atoms with van der Waals surface area (Å²) in [6.45, 7) is 0. The fraction of sp³-hybridized carbons (Fsp3) is 0.333. The second kappa shape index (κ2) is 5.05. The zero-order valence-corrected chi connectivity index (χ0v) is 10.6. The van der Waals surface area contributed by atoms with Gasteiger partial charge < -0.3 is 15.7 Å². The summed E-state index contributed by atoms with van der Waals surface area (Å²) in [6.07, 6.45) is 1.47. The Balaban J connectivity index is 2.06. The first-order chi connectivity index (χ1) is 8.94. The smallest absolute Gasteiger partial charge is 0.329 e. The molecule has 0 unspecified atom stereocenters. The van der Waals surface area contributed by atoms with E-state index in [4.69, 9.17) is 16.7 Å². The van der Waals surface area contributed by atoms with Gasteiger partial charge in [-0.05, 0) is 31.4 Å². The van der Waals surface area contributed by atoms with Crippen LogP contribution in [0.4, 0.5) is 14.9 Å². The average molecular weight is 287 g/mol. The first kappa shape index (κ1) is 13.6. The molecule has 1 aromatic carbocycles. The molecule has 0 aliphatic heterocycles. The number of nitrogens with one attached hydrogen (secondary N) is 2. The number of carbonyl (C=O) groups is 2. The Labute approximate surface area is 113 Å². The lowest BCUT2D eigenvalue weighted by molar-refractivity contribution is -0.148. The third-order valence-corrected chi connectivity index (χ3v) is 3.46. The first-order valence-corrected chi connectivity index (χ1v) is 6.09. The van der Waals surface area contributed by atoms with E-state index < -0.39 is 23.4 Å². The highest BCUT2D eigenvalue weighted by Gasteiger charge is 2.45. The van der Waals surface area contributed by atoms with E-state index in [1.54, 1.807) is 0 Å². The molecular formula is C12H12ClFN2O3. The van der Waals surface area contributed by atoms with Crippen LogP contribution < -0.4 is 10.6 Å². The quantitative estimate of drug-likeness (QED) is 0.799. The topological polar surface area (TPSA) is 78.4 Å². The molecule has 0 bridgehead atoms. The Morgan fingerprint density at radius 2 is 2.05 bits per heavy atom. The van der Waals surface area contributed by atoms with Gasteiger partial charge in [-0.1, -0.05) is 17.7 Å². The van der Waals surface area contributed by atoms with Gasteiger partial charge in [0.2, 0.25) is 0 Å². The number of carboxylic acids is 1. The molecule has 1 saturated carbocycles. The molecule has 19 heavy (non-hydrogen) atoms. The number of benzene rings is 1. The molecule has 0 saturated heterocycles. The number of anilines is 1. The average Bonchev–Trinajstić information content (AvgIpc) is 2.29. The van der Waals surface area contributed by atoms with E-state index in [1.165, 1.54) is 18.2 Å². The third kappa shape index (κ3) is 2.63. The Morgan fingerprint density at radius 3 is 2.58 bits per heavy atom. The SMILES string of the molecule is O=C(Nc1cccc(Cl)c1F)NC1(C(=O)O)CCC1. The number of halogens is 2. The number of urea groups is 1. The molecule has 1 aromatic rings. The molecule has 7 heteroatoms. The van der Waals surface area contributed by atoms with Crippen LogP contribution in [0.5, 0.6) is 0 Å². The molecule has 3 N–H and O–H groups in total. The molecule has 102 valence electrons. The van der Waals surface area contributed by atoms with Crippen LogP contribution in [0.15, 0.2) is 18.2 Å². The summed E-state index contributed by atoms with van der Waals surface area (Å²) < 4.78 is 13.6. The fourth-order valence-electron chi connectivity index (χ4n) is 1.89. The number of rotatable bonds is 3. The standard InChI is InChI=1S/C12H12ClFN2O3/c13-7-3-1-4-8(9(7)14)15-11(19)16-12(10(17)18)5-2-6-12/h1,3-4H,2,5-6H2,(H,17,18)(H2,15,16,19). The highest BCUT2D eigenvalue weighted by atomic mass is 35.5. The molecule has 2 amide bonds. The summed E-state index contributed by atoms with van der Waals surface area (Å²) in [6, 6.07) is 3.42. The molecule has 1 aliphatic carbocycles. The molecular weight excluding hydrogens is 275 g/mol. The summed E-state index contributed by atoms with van der Waals surface area (Å²) in [5.74, 6) is -1.84. The monoisotopic (exact) mass is 286 g/mol. The summed E-state index contributed by atoms with van der Waals surface area (Å²) in [5, 5.41) is 13.6. The zero-order valence-electron chi connectivity index (χ0n) is 9.87. The molecule has 1 fully saturated rings. The van der Waals surface area contributed by atoms with E-state index in [9.17, 15) is 14.0 Å². The van der Waals surface area contributed by atoms with Crippen LogP contribution in [-0.4, -0.2) is 22.6 Å². The Morgan fingerprint density at radius 1 is 1.37 bits per heavy atom. The van der Waals surface area contributed by atoms with Crippen LogP contribution in [0.25, 0.3) is 0 Å². The Kier molecular flexibility index (Phi) is 3.61. The second-order valence-corrected chi connectivity index (χ2v) is 4.83. The van der Waals surface area contributed by atoms with Crippen LogP contribution in [-0.2, 0) is 4.79 Å². The largest absolute Gasteiger partial charge is 0.480 e. The maximum absolute atomic E-state index is 13.6. The van der Waals surface area contributed by atoms with Crippen molar-refractivity contribution in [2.75, 3.05) is 5.32 Å². The van der Waals surface area contributed by atoms with Gasteiger partial charge in [-0.25, -0.2) is 14.0 Å². The number of aliphatic carboxylic acids is 1. The van der Waals surface area contributed by atoms with Crippen LogP contribution in [0.3, 0.4) is 0 Å². The maximum Gasteiger partial charge on any atom is 0.329 e. The molecule has 0 heterocycles. The van der Waals surface area contributed by atoms with Gasteiger partial charge in [0.1, 0.15) is 5.54 Å². The van der Waals surface area contributed by atoms with E-state index in [0.29, 0.717) is 12.8 Å². The van der Waals surface area contributed by atoms with Gasteiger partial charge in [-0.3, -0.25) is 0 Å². The lowest BCUT2D eigenvalue weighted by atomic mass is 9.77. The van der Waals surface area contributed by atoms with Crippen LogP contribution in [0.2, 0.25) is 5.02 Å². The number of amides is 2. The molecule has 0 spiro atoms. The Hall–Kier alpha value is -1.82. The predicted octanol–water partition coefficient (Wildman–Crippen LogP) is 2.61. The van der Waals surface area contributed by atoms with Crippen molar-refractivity contribution in [3.63, 3.8) is 0 Å². The van der Waals surface area contributed by atoms with E-state index in [-0.39, 0.29) is 10.7 Å². The predicted molar refractivity (Wildman–Crippen MR) is 67.8 cm³/mol. The molecule has 0 atom stereocenters. The van der Waals surface area contributed by atoms with Crippen LogP contribution in [0.1, 0.15) is 19.3 Å². The van der Waals surface area contributed by atoms with Gasteiger partial charge >= 0.3 is 12.0 Å². The minimum Gasteiger partial charge on any atom is -0.480 e. The molecule has 1 aliphatic rings. The lowest BCUT2D eigenvalue weighted by Crippen LogP contribution is -2.60. The van der Waals surface area contributed by atoms with E-state index in [2.05, 4.69) is 10.6 Å². The van der Waals surface area contributed by atoms with E-state index in [1.807, 2.05) is 0 Å². The number of carbonyl (C=O) groups excluding carboxylic acids is 1. The fourth-order valence-corrected chi connectivity index (χ4v) is 2.07. The van der Waals surface area contributed by atoms with Gasteiger partial charge in [0.15, 0.2) is 5.82 Å². The summed E-state index contributed by atoms with van der Waals surface area (Å²) in [5.41, 5.74) is -1.33. The van der Waals surface area contributed by atoms with Gasteiger partial charge in [-0.15, -0.1) is 0 Å². The molecule has 0 aromatic heterocycles. The van der Waals surface area contributed by atoms with Gasteiger partial charge in [0.25, 0.3) is 0 Å². The van der Waals surface area contributed by atoms with Crippen molar-refractivity contribution < 1.29 is 19.1 Å². The first-order valence-electron chi connectivity index (χ1n) is 5.71. The van der Waals surface area contributed by atoms with Gasteiger partial charge in [0, 0.05) is 0 Å². The normalized spacial score (nSPS) is 16.3. The van der Waals surface area contributed by atoms with Crippen molar-refractivity contribution in [2.45, 2.75) is 24.8 Å². The summed E-state index contributed by atoms with van der Waals surface area (Å²) >= 11 is 5.58. The van der Waals surface area contributed by atoms with Crippen molar-refractivity contribution in [1.29, 1.82) is 0 Å². The van der Waals surface area contributed by atoms with E-state index >= 15 is 0 Å². The minimum atomic E-state index is -1.24. The van der Waals surface area contributed by atoms with Crippen molar-refractivity contribution in [1.82, 2.24) is 5.32 Å². The third-order valence-electron chi connectivity index (χ3n) is 3.17. The highest BCUT2D eigenvalue weighted by molar-refractivity contribution is 6.31. The zero-order chi connectivity index (χ0) is 14.0. The second-order valence-electron chi connectivity index (χ2n) is 4.42. The van der Waals surface area contributed by atoms with Crippen LogP contribution in [0, 0.1) is 5.82 Å². The molecule has 5 nitrogen and oxygen atoms in total. The van der Waals surface area contributed by atoms with Crippen molar-refractivity contribution in [3.05, 3.63) is 29.0 Å². The highest BCUT2D eigenvalue weighted by Crippen LogP contribution is 2.32. The van der Waals surface area contributed by atoms with Gasteiger partial charge in [0.05, 0.1) is 10.7 Å². The number of carboxylic acid groups (broad SMARTS) is 1. The molecule has 2 rings (SSSR count). The Bertz CT molecular complexity index is 532. The minimum absolute atomic E-state index is 0.0927. The summed E-state index contributed by atoms with van der Waals surface area (Å²) in [7, 11) is 0. The number of hydrogen-bond acceptors (Lipinski definition) is 2. The van der Waals surface area contributed by atoms with Gasteiger partial charge in [-0.2, -0.15) is 0 Å². The van der Waals surface area contributed by atoms with E-state index in [0.717, 1.165) is 6.42 Å². The lowest BCUT2D eigenvalue weighted by Gasteiger charge is -2.38. The van der Waals surface area contributed by atoms with Crippen molar-refractivity contribution in [2.24, 2.45) is 0 Å².